The molecule has 0 radical (unpaired) electrons. The molecule has 6 heteroatoms. The number of amides is 1. The number of carbonyl (C=O) groups excluding carboxylic acids is 1. The third kappa shape index (κ3) is 6.86. The zero-order chi connectivity index (χ0) is 19.8. The first kappa shape index (κ1) is 20.7. The maximum absolute atomic E-state index is 12.9. The number of nitrogens with one attached hydrogen (secondary N) is 1. The number of carbonyl (C=O) groups is 1. The molecule has 1 aliphatic rings. The van der Waals surface area contributed by atoms with E-state index in [0.717, 1.165) is 43.6 Å². The molecule has 0 unspecified atom stereocenters. The normalized spacial score (nSPS) is 15.8. The summed E-state index contributed by atoms with van der Waals surface area (Å²) in [5, 5.41) is 2.82. The Morgan fingerprint density at radius 1 is 1.00 bits per heavy atom. The molecule has 2 aromatic carbocycles. The van der Waals surface area contributed by atoms with Crippen LogP contribution in [0.1, 0.15) is 12.0 Å². The highest BCUT2D eigenvalue weighted by molar-refractivity contribution is 9.10. The number of hydrogen-bond donors (Lipinski definition) is 1. The van der Waals surface area contributed by atoms with Gasteiger partial charge in [-0.2, -0.15) is 0 Å². The first-order valence-electron chi connectivity index (χ1n) is 9.51. The Morgan fingerprint density at radius 2 is 1.64 bits per heavy atom. The molecule has 1 N–H and O–H groups in total. The van der Waals surface area contributed by atoms with Crippen molar-refractivity contribution >= 4 is 33.6 Å². The molecule has 0 aromatic heterocycles. The highest BCUT2D eigenvalue weighted by Gasteiger charge is 2.18. The van der Waals surface area contributed by atoms with Gasteiger partial charge in [-0.3, -0.25) is 9.69 Å². The van der Waals surface area contributed by atoms with Crippen LogP contribution in [0, 0.1) is 5.82 Å². The van der Waals surface area contributed by atoms with E-state index in [1.165, 1.54) is 17.7 Å². The monoisotopic (exact) mass is 445 g/mol. The minimum Gasteiger partial charge on any atom is -0.325 e. The van der Waals surface area contributed by atoms with E-state index in [1.54, 1.807) is 12.1 Å². The van der Waals surface area contributed by atoms with Crippen LogP contribution in [0.5, 0.6) is 0 Å². The van der Waals surface area contributed by atoms with Crippen LogP contribution in [0.25, 0.3) is 6.08 Å². The summed E-state index contributed by atoms with van der Waals surface area (Å²) in [5.41, 5.74) is 1.84. The first-order chi connectivity index (χ1) is 13.6. The van der Waals surface area contributed by atoms with Crippen LogP contribution in [0.3, 0.4) is 0 Å². The predicted octanol–water partition coefficient (Wildman–Crippen LogP) is 4.25. The minimum atomic E-state index is -0.305. The molecule has 0 spiro atoms. The zero-order valence-electron chi connectivity index (χ0n) is 15.8. The Balaban J connectivity index is 1.33. The molecule has 1 heterocycles. The molecule has 0 bridgehead atoms. The van der Waals surface area contributed by atoms with Crippen LogP contribution in [0.2, 0.25) is 0 Å². The topological polar surface area (TPSA) is 35.6 Å². The van der Waals surface area contributed by atoms with Gasteiger partial charge >= 0.3 is 0 Å². The molecular weight excluding hydrogens is 421 g/mol. The summed E-state index contributed by atoms with van der Waals surface area (Å²) in [7, 11) is 0. The lowest BCUT2D eigenvalue weighted by Crippen LogP contribution is -2.48. The van der Waals surface area contributed by atoms with Crippen LogP contribution in [0.4, 0.5) is 10.1 Å². The molecular formula is C22H25BrFN3O. The Morgan fingerprint density at radius 3 is 2.32 bits per heavy atom. The smallest absolute Gasteiger partial charge is 0.238 e. The quantitative estimate of drug-likeness (QED) is 0.691. The van der Waals surface area contributed by atoms with Gasteiger partial charge in [0.15, 0.2) is 0 Å². The van der Waals surface area contributed by atoms with Gasteiger partial charge in [0.1, 0.15) is 5.82 Å². The number of hydrogen-bond acceptors (Lipinski definition) is 3. The summed E-state index contributed by atoms with van der Waals surface area (Å²) in [5.74, 6) is -0.363. The predicted molar refractivity (Wildman–Crippen MR) is 116 cm³/mol. The van der Waals surface area contributed by atoms with Gasteiger partial charge < -0.3 is 10.2 Å². The minimum absolute atomic E-state index is 0.0579. The Labute approximate surface area is 174 Å². The summed E-state index contributed by atoms with van der Waals surface area (Å²) < 4.78 is 14.0. The van der Waals surface area contributed by atoms with Crippen molar-refractivity contribution in [2.24, 2.45) is 0 Å². The van der Waals surface area contributed by atoms with Gasteiger partial charge in [0.05, 0.1) is 6.54 Å². The molecule has 0 saturated carbocycles. The lowest BCUT2D eigenvalue weighted by molar-refractivity contribution is -0.117. The van der Waals surface area contributed by atoms with Gasteiger partial charge in [-0.1, -0.05) is 40.2 Å². The standard InChI is InChI=1S/C22H25BrFN3O/c23-19-6-4-18(5-7-19)3-1-2-12-26-13-15-27(16-14-26)17-22(28)25-21-10-8-20(24)9-11-21/h1,3-11H,2,12-17H2,(H,25,28)/b3-1+. The number of piperazine rings is 1. The van der Waals surface area contributed by atoms with Crippen molar-refractivity contribution in [3.05, 3.63) is 70.5 Å². The Bertz CT molecular complexity index is 784. The van der Waals surface area contributed by atoms with Gasteiger partial charge in [0, 0.05) is 42.9 Å². The second kappa shape index (κ2) is 10.5. The highest BCUT2D eigenvalue weighted by Crippen LogP contribution is 2.12. The number of nitrogens with zero attached hydrogens (tertiary/aromatic N) is 2. The van der Waals surface area contributed by atoms with Crippen molar-refractivity contribution in [1.82, 2.24) is 9.80 Å². The van der Waals surface area contributed by atoms with E-state index < -0.39 is 0 Å². The molecule has 1 fully saturated rings. The summed E-state index contributed by atoms with van der Waals surface area (Å²) in [4.78, 5) is 16.7. The molecule has 0 aliphatic carbocycles. The van der Waals surface area contributed by atoms with Gasteiger partial charge in [-0.15, -0.1) is 0 Å². The van der Waals surface area contributed by atoms with E-state index in [0.29, 0.717) is 12.2 Å². The fourth-order valence-corrected chi connectivity index (χ4v) is 3.42. The summed E-state index contributed by atoms with van der Waals surface area (Å²) in [6.07, 6.45) is 5.38. The number of anilines is 1. The van der Waals surface area contributed by atoms with Crippen LogP contribution >= 0.6 is 15.9 Å². The number of benzene rings is 2. The molecule has 1 aliphatic heterocycles. The fourth-order valence-electron chi connectivity index (χ4n) is 3.16. The molecule has 148 valence electrons. The van der Waals surface area contributed by atoms with Gasteiger partial charge in [-0.05, 0) is 48.4 Å². The van der Waals surface area contributed by atoms with E-state index in [9.17, 15) is 9.18 Å². The van der Waals surface area contributed by atoms with Crippen LogP contribution in [0.15, 0.2) is 59.1 Å². The number of rotatable bonds is 7. The molecule has 0 atom stereocenters. The zero-order valence-corrected chi connectivity index (χ0v) is 17.4. The SMILES string of the molecule is O=C(CN1CCN(CC/C=C/c2ccc(Br)cc2)CC1)Nc1ccc(F)cc1. The average molecular weight is 446 g/mol. The Hall–Kier alpha value is -2.02. The maximum Gasteiger partial charge on any atom is 0.238 e. The summed E-state index contributed by atoms with van der Waals surface area (Å²) in [6.45, 7) is 5.10. The van der Waals surface area contributed by atoms with E-state index in [4.69, 9.17) is 0 Å². The van der Waals surface area contributed by atoms with Crippen molar-refractivity contribution < 1.29 is 9.18 Å². The van der Waals surface area contributed by atoms with Gasteiger partial charge in [0.2, 0.25) is 5.91 Å². The van der Waals surface area contributed by atoms with Gasteiger partial charge in [0.25, 0.3) is 0 Å². The van der Waals surface area contributed by atoms with E-state index in [1.807, 2.05) is 12.1 Å². The highest BCUT2D eigenvalue weighted by atomic mass is 79.9. The first-order valence-corrected chi connectivity index (χ1v) is 10.3. The second-order valence-electron chi connectivity index (χ2n) is 6.92. The molecule has 1 saturated heterocycles. The van der Waals surface area contributed by atoms with Crippen molar-refractivity contribution in [3.63, 3.8) is 0 Å². The summed E-state index contributed by atoms with van der Waals surface area (Å²) in [6, 6.07) is 14.1. The lowest BCUT2D eigenvalue weighted by Gasteiger charge is -2.34. The maximum atomic E-state index is 12.9. The summed E-state index contributed by atoms with van der Waals surface area (Å²) >= 11 is 3.44. The molecule has 1 amide bonds. The van der Waals surface area contributed by atoms with Gasteiger partial charge in [-0.25, -0.2) is 4.39 Å². The van der Waals surface area contributed by atoms with E-state index in [-0.39, 0.29) is 11.7 Å². The second-order valence-corrected chi connectivity index (χ2v) is 7.83. The average Bonchev–Trinajstić information content (AvgIpc) is 2.70. The third-order valence-electron chi connectivity index (χ3n) is 4.75. The van der Waals surface area contributed by atoms with Crippen LogP contribution < -0.4 is 5.32 Å². The molecule has 28 heavy (non-hydrogen) atoms. The largest absolute Gasteiger partial charge is 0.325 e. The Kier molecular flexibility index (Phi) is 7.77. The molecule has 4 nitrogen and oxygen atoms in total. The molecule has 2 aromatic rings. The van der Waals surface area contributed by atoms with E-state index >= 15 is 0 Å². The molecule has 3 rings (SSSR count). The lowest BCUT2D eigenvalue weighted by atomic mass is 10.2. The fraction of sp³-hybridized carbons (Fsp3) is 0.318. The van der Waals surface area contributed by atoms with Crippen LogP contribution in [-0.4, -0.2) is 55.0 Å². The van der Waals surface area contributed by atoms with Crippen LogP contribution in [-0.2, 0) is 4.79 Å². The van der Waals surface area contributed by atoms with Crippen molar-refractivity contribution in [2.75, 3.05) is 44.6 Å². The van der Waals surface area contributed by atoms with Crippen molar-refractivity contribution in [3.8, 4) is 0 Å². The van der Waals surface area contributed by atoms with E-state index in [2.05, 4.69) is 55.3 Å². The van der Waals surface area contributed by atoms with Crippen molar-refractivity contribution in [2.45, 2.75) is 6.42 Å². The third-order valence-corrected chi connectivity index (χ3v) is 5.28. The van der Waals surface area contributed by atoms with Crippen molar-refractivity contribution in [1.29, 1.82) is 0 Å². The number of halogens is 2.